The minimum absolute atomic E-state index is 0.134. The summed E-state index contributed by atoms with van der Waals surface area (Å²) in [6, 6.07) is 3.97. The van der Waals surface area contributed by atoms with Gasteiger partial charge in [-0.25, -0.2) is 0 Å². The second-order valence-electron chi connectivity index (χ2n) is 8.11. The van der Waals surface area contributed by atoms with E-state index in [1.54, 1.807) is 0 Å². The smallest absolute Gasteiger partial charge is 0.314 e. The number of hydrogen-bond donors (Lipinski definition) is 1. The molecule has 11 heteroatoms. The summed E-state index contributed by atoms with van der Waals surface area (Å²) < 4.78 is 44.0. The summed E-state index contributed by atoms with van der Waals surface area (Å²) >= 11 is 6.62. The van der Waals surface area contributed by atoms with Gasteiger partial charge in [-0.1, -0.05) is 0 Å². The van der Waals surface area contributed by atoms with Crippen molar-refractivity contribution in [2.75, 3.05) is 12.4 Å². The van der Waals surface area contributed by atoms with Crippen molar-refractivity contribution in [3.8, 4) is 5.75 Å². The van der Waals surface area contributed by atoms with Gasteiger partial charge < -0.3 is 9.47 Å². The van der Waals surface area contributed by atoms with Crippen LogP contribution in [0.15, 0.2) is 12.1 Å². The quantitative estimate of drug-likeness (QED) is 0.194. The first-order valence-electron chi connectivity index (χ1n) is 10.0. The Balaban J connectivity index is 1.51. The van der Waals surface area contributed by atoms with E-state index in [0.29, 0.717) is 30.4 Å². The molecule has 1 aromatic carbocycles. The first-order chi connectivity index (χ1) is 14.5. The van der Waals surface area contributed by atoms with Gasteiger partial charge in [-0.2, -0.15) is 8.42 Å². The average molecular weight is 788 g/mol. The maximum Gasteiger partial charge on any atom is 0.314 e. The van der Waals surface area contributed by atoms with E-state index < -0.39 is 21.8 Å². The molecule has 0 bridgehead atoms. The number of carbonyl (C=O) groups excluding carboxylic acids is 2. The van der Waals surface area contributed by atoms with E-state index in [4.69, 9.17) is 14.0 Å². The van der Waals surface area contributed by atoms with Crippen molar-refractivity contribution in [3.05, 3.63) is 22.8 Å². The van der Waals surface area contributed by atoms with E-state index in [2.05, 4.69) is 67.8 Å². The van der Waals surface area contributed by atoms with Crippen molar-refractivity contribution in [2.24, 2.45) is 23.7 Å². The summed E-state index contributed by atoms with van der Waals surface area (Å²) in [6.45, 7) is -0.327. The lowest BCUT2D eigenvalue weighted by Crippen LogP contribution is -2.37. The number of halogens is 3. The zero-order valence-corrected chi connectivity index (χ0v) is 23.8. The molecule has 2 saturated carbocycles. The minimum atomic E-state index is -4.14. The fourth-order valence-corrected chi connectivity index (χ4v) is 8.59. The highest BCUT2D eigenvalue weighted by atomic mass is 127. The Bertz CT molecular complexity index is 927. The van der Waals surface area contributed by atoms with Crippen LogP contribution in [0.1, 0.15) is 38.5 Å². The Morgan fingerprint density at radius 1 is 0.935 bits per heavy atom. The lowest BCUT2D eigenvalue weighted by molar-refractivity contribution is -0.151. The minimum Gasteiger partial charge on any atom is -0.464 e. The molecule has 2 fully saturated rings. The molecule has 0 saturated heterocycles. The van der Waals surface area contributed by atoms with Gasteiger partial charge in [-0.3, -0.25) is 14.1 Å². The first-order valence-corrected chi connectivity index (χ1v) is 14.9. The molecule has 0 amide bonds. The Kier molecular flexibility index (Phi) is 9.28. The van der Waals surface area contributed by atoms with Crippen LogP contribution in [-0.2, 0) is 24.4 Å². The van der Waals surface area contributed by atoms with E-state index in [9.17, 15) is 18.0 Å². The molecule has 2 aliphatic carbocycles. The van der Waals surface area contributed by atoms with Crippen LogP contribution in [0.4, 0.5) is 0 Å². The summed E-state index contributed by atoms with van der Waals surface area (Å²) in [7, 11) is -4.14. The second-order valence-corrected chi connectivity index (χ2v) is 13.3. The summed E-state index contributed by atoms with van der Waals surface area (Å²) in [5.41, 5.74) is 0. The summed E-state index contributed by atoms with van der Waals surface area (Å²) in [6.07, 6.45) is 4.57. The van der Waals surface area contributed by atoms with Crippen LogP contribution in [0.5, 0.6) is 5.75 Å². The number of carbonyl (C=O) groups is 2. The molecular formula is C20H23I3O7S. The molecule has 2 aliphatic rings. The predicted molar refractivity (Wildman–Crippen MR) is 139 cm³/mol. The van der Waals surface area contributed by atoms with Crippen molar-refractivity contribution in [1.29, 1.82) is 0 Å². The third-order valence-electron chi connectivity index (χ3n) is 6.03. The molecule has 1 N–H and O–H groups in total. The average Bonchev–Trinajstić information content (AvgIpc) is 2.68. The zero-order valence-electron chi connectivity index (χ0n) is 16.6. The molecule has 0 heterocycles. The molecule has 4 atom stereocenters. The molecule has 7 nitrogen and oxygen atoms in total. The monoisotopic (exact) mass is 788 g/mol. The Morgan fingerprint density at radius 2 is 1.45 bits per heavy atom. The van der Waals surface area contributed by atoms with E-state index in [-0.39, 0.29) is 24.4 Å². The van der Waals surface area contributed by atoms with Crippen molar-refractivity contribution in [1.82, 2.24) is 0 Å². The SMILES string of the molecule is O=C(OCCS(=O)(=O)O)C1CCC2CC(C(=O)Oc3c(I)cc(I)cc3I)CCC2C1. The highest BCUT2D eigenvalue weighted by Crippen LogP contribution is 2.45. The molecule has 0 radical (unpaired) electrons. The highest BCUT2D eigenvalue weighted by Gasteiger charge is 2.40. The fourth-order valence-electron chi connectivity index (χ4n) is 4.49. The summed E-state index contributed by atoms with van der Waals surface area (Å²) in [4.78, 5) is 25.1. The third-order valence-corrected chi connectivity index (χ3v) is 8.94. The topological polar surface area (TPSA) is 107 Å². The van der Waals surface area contributed by atoms with Crippen LogP contribution in [0, 0.1) is 34.4 Å². The molecule has 0 aromatic heterocycles. The molecule has 1 aromatic rings. The number of benzene rings is 1. The van der Waals surface area contributed by atoms with Crippen molar-refractivity contribution >= 4 is 89.8 Å². The Hall–Kier alpha value is 0.260. The van der Waals surface area contributed by atoms with Gasteiger partial charge in [0.2, 0.25) is 0 Å². The van der Waals surface area contributed by atoms with E-state index in [0.717, 1.165) is 36.4 Å². The molecule has 3 rings (SSSR count). The summed E-state index contributed by atoms with van der Waals surface area (Å²) in [5.74, 6) is -0.177. The number of ether oxygens (including phenoxy) is 2. The van der Waals surface area contributed by atoms with Crippen LogP contribution >= 0.6 is 67.8 Å². The molecular weight excluding hydrogens is 765 g/mol. The highest BCUT2D eigenvalue weighted by molar-refractivity contribution is 14.1. The van der Waals surface area contributed by atoms with Gasteiger partial charge in [0.25, 0.3) is 10.1 Å². The normalized spacial score (nSPS) is 26.1. The molecule has 4 unspecified atom stereocenters. The van der Waals surface area contributed by atoms with Crippen LogP contribution < -0.4 is 4.74 Å². The van der Waals surface area contributed by atoms with E-state index in [1.807, 2.05) is 12.1 Å². The lowest BCUT2D eigenvalue weighted by Gasteiger charge is -2.40. The van der Waals surface area contributed by atoms with Gasteiger partial charge in [0.15, 0.2) is 5.75 Å². The Morgan fingerprint density at radius 3 is 1.97 bits per heavy atom. The second kappa shape index (κ2) is 11.1. The lowest BCUT2D eigenvalue weighted by atomic mass is 9.65. The number of esters is 2. The maximum absolute atomic E-state index is 12.8. The van der Waals surface area contributed by atoms with Gasteiger partial charge in [0.1, 0.15) is 12.4 Å². The predicted octanol–water partition coefficient (Wildman–Crippen LogP) is 4.67. The maximum atomic E-state index is 12.8. The third kappa shape index (κ3) is 7.37. The fraction of sp³-hybridized carbons (Fsp3) is 0.600. The van der Waals surface area contributed by atoms with Gasteiger partial charge in [0, 0.05) is 3.57 Å². The number of hydrogen-bond acceptors (Lipinski definition) is 6. The van der Waals surface area contributed by atoms with Crippen molar-refractivity contribution in [3.63, 3.8) is 0 Å². The van der Waals surface area contributed by atoms with E-state index >= 15 is 0 Å². The van der Waals surface area contributed by atoms with Gasteiger partial charge >= 0.3 is 11.9 Å². The van der Waals surface area contributed by atoms with Crippen molar-refractivity contribution < 1.29 is 32.0 Å². The largest absolute Gasteiger partial charge is 0.464 e. The summed E-state index contributed by atoms with van der Waals surface area (Å²) in [5, 5.41) is 0. The molecule has 31 heavy (non-hydrogen) atoms. The van der Waals surface area contributed by atoms with Crippen LogP contribution in [0.3, 0.4) is 0 Å². The number of fused-ring (bicyclic) bond motifs is 1. The van der Waals surface area contributed by atoms with Gasteiger partial charge in [-0.15, -0.1) is 0 Å². The van der Waals surface area contributed by atoms with Crippen molar-refractivity contribution in [2.45, 2.75) is 38.5 Å². The Labute approximate surface area is 222 Å². The van der Waals surface area contributed by atoms with Gasteiger partial charge in [-0.05, 0) is 130 Å². The van der Waals surface area contributed by atoms with Crippen LogP contribution in [0.2, 0.25) is 0 Å². The molecule has 0 aliphatic heterocycles. The molecule has 0 spiro atoms. The van der Waals surface area contributed by atoms with Crippen LogP contribution in [0.25, 0.3) is 0 Å². The van der Waals surface area contributed by atoms with E-state index in [1.165, 1.54) is 0 Å². The standard InChI is InChI=1S/C20H23I3O7S/c21-15-9-16(22)18(17(23)10-15)30-20(25)14-4-2-11-7-13(3-1-12(11)8-14)19(24)29-5-6-31(26,27)28/h9-14H,1-8H2,(H,26,27,28). The number of rotatable bonds is 6. The molecule has 172 valence electrons. The first kappa shape index (κ1) is 25.9. The van der Waals surface area contributed by atoms with Gasteiger partial charge in [0.05, 0.1) is 19.0 Å². The van der Waals surface area contributed by atoms with Crippen LogP contribution in [-0.4, -0.2) is 37.3 Å². The zero-order chi connectivity index (χ0) is 22.8.